The molecule has 0 unspecified atom stereocenters. The third-order valence-electron chi connectivity index (χ3n) is 3.07. The van der Waals surface area contributed by atoms with E-state index in [4.69, 9.17) is 11.2 Å². The molecule has 0 bridgehead atoms. The number of rotatable bonds is 2. The second-order valence-electron chi connectivity index (χ2n) is 4.15. The summed E-state index contributed by atoms with van der Waals surface area (Å²) in [7, 11) is 1.65. The smallest absolute Gasteiger partial charge is 0.121 e. The first-order chi connectivity index (χ1) is 8.26. The molecule has 1 nitrogen and oxygen atoms in total. The van der Waals surface area contributed by atoms with Crippen molar-refractivity contribution in [2.45, 2.75) is 25.7 Å². The minimum absolute atomic E-state index is 0.796. The molecule has 0 saturated heterocycles. The molecule has 0 aliphatic heterocycles. The SMILES string of the molecule is C#Cc1cc(OC)cc(Br)c1C1=CCCCC1. The number of ether oxygens (including phenoxy) is 1. The second-order valence-corrected chi connectivity index (χ2v) is 5.01. The van der Waals surface area contributed by atoms with Gasteiger partial charge in [0.2, 0.25) is 0 Å². The Morgan fingerprint density at radius 3 is 2.76 bits per heavy atom. The Morgan fingerprint density at radius 2 is 2.18 bits per heavy atom. The van der Waals surface area contributed by atoms with E-state index in [1.54, 1.807) is 7.11 Å². The van der Waals surface area contributed by atoms with E-state index in [9.17, 15) is 0 Å². The summed E-state index contributed by atoms with van der Waals surface area (Å²) in [6.45, 7) is 0. The Bertz CT molecular complexity index is 494. The fraction of sp³-hybridized carbons (Fsp3) is 0.333. The highest BCUT2D eigenvalue weighted by molar-refractivity contribution is 9.10. The van der Waals surface area contributed by atoms with Crippen molar-refractivity contribution in [1.29, 1.82) is 0 Å². The molecule has 17 heavy (non-hydrogen) atoms. The summed E-state index contributed by atoms with van der Waals surface area (Å²) in [4.78, 5) is 0. The number of terminal acetylenes is 1. The van der Waals surface area contributed by atoms with Crippen LogP contribution in [0.4, 0.5) is 0 Å². The maximum absolute atomic E-state index is 5.60. The summed E-state index contributed by atoms with van der Waals surface area (Å²) in [6.07, 6.45) is 12.7. The average molecular weight is 291 g/mol. The lowest BCUT2D eigenvalue weighted by atomic mass is 9.91. The largest absolute Gasteiger partial charge is 0.497 e. The van der Waals surface area contributed by atoms with Crippen molar-refractivity contribution < 1.29 is 4.74 Å². The molecule has 88 valence electrons. The van der Waals surface area contributed by atoms with Crippen LogP contribution in [0.15, 0.2) is 22.7 Å². The molecule has 0 amide bonds. The number of hydrogen-bond donors (Lipinski definition) is 0. The van der Waals surface area contributed by atoms with Crippen LogP contribution >= 0.6 is 15.9 Å². The molecular formula is C15H15BrO. The second kappa shape index (κ2) is 5.42. The van der Waals surface area contributed by atoms with Gasteiger partial charge in [-0.3, -0.25) is 0 Å². The summed E-state index contributed by atoms with van der Waals surface area (Å²) in [6, 6.07) is 3.90. The van der Waals surface area contributed by atoms with E-state index >= 15 is 0 Å². The van der Waals surface area contributed by atoms with Gasteiger partial charge in [0.05, 0.1) is 7.11 Å². The van der Waals surface area contributed by atoms with Gasteiger partial charge in [0, 0.05) is 15.6 Å². The summed E-state index contributed by atoms with van der Waals surface area (Å²) in [5, 5.41) is 0. The van der Waals surface area contributed by atoms with E-state index in [-0.39, 0.29) is 0 Å². The van der Waals surface area contributed by atoms with Crippen LogP contribution in [-0.4, -0.2) is 7.11 Å². The summed E-state index contributed by atoms with van der Waals surface area (Å²) >= 11 is 3.60. The molecule has 2 heteroatoms. The molecule has 0 aromatic heterocycles. The lowest BCUT2D eigenvalue weighted by Crippen LogP contribution is -1.97. The topological polar surface area (TPSA) is 9.23 Å². The highest BCUT2D eigenvalue weighted by Crippen LogP contribution is 2.36. The van der Waals surface area contributed by atoms with Crippen LogP contribution < -0.4 is 4.74 Å². The highest BCUT2D eigenvalue weighted by Gasteiger charge is 2.14. The van der Waals surface area contributed by atoms with Crippen LogP contribution in [0.5, 0.6) is 5.75 Å². The van der Waals surface area contributed by atoms with Crippen LogP contribution in [0.1, 0.15) is 36.8 Å². The normalized spacial score (nSPS) is 15.0. The third-order valence-corrected chi connectivity index (χ3v) is 3.69. The number of halogens is 1. The van der Waals surface area contributed by atoms with Gasteiger partial charge in [0.15, 0.2) is 0 Å². The maximum Gasteiger partial charge on any atom is 0.121 e. The molecule has 0 fully saturated rings. The Hall–Kier alpha value is -1.20. The van der Waals surface area contributed by atoms with Crippen LogP contribution in [0.3, 0.4) is 0 Å². The Balaban J connectivity index is 2.53. The minimum Gasteiger partial charge on any atom is -0.497 e. The molecule has 1 aromatic rings. The lowest BCUT2D eigenvalue weighted by Gasteiger charge is -2.17. The molecule has 1 aliphatic rings. The maximum atomic E-state index is 5.60. The molecular weight excluding hydrogens is 276 g/mol. The van der Waals surface area contributed by atoms with Crippen molar-refractivity contribution in [3.05, 3.63) is 33.8 Å². The molecule has 0 spiro atoms. The van der Waals surface area contributed by atoms with E-state index in [0.29, 0.717) is 0 Å². The molecule has 0 saturated carbocycles. The van der Waals surface area contributed by atoms with Crippen molar-refractivity contribution in [3.8, 4) is 18.1 Å². The zero-order valence-electron chi connectivity index (χ0n) is 9.92. The standard InChI is InChI=1S/C15H15BrO/c1-3-11-9-13(17-2)10-14(16)15(11)12-7-5-4-6-8-12/h1,7,9-10H,4-6,8H2,2H3. The molecule has 0 radical (unpaired) electrons. The van der Waals surface area contributed by atoms with Crippen LogP contribution in [0, 0.1) is 12.3 Å². The first-order valence-electron chi connectivity index (χ1n) is 5.80. The van der Waals surface area contributed by atoms with E-state index in [2.05, 4.69) is 27.9 Å². The lowest BCUT2D eigenvalue weighted by molar-refractivity contribution is 0.414. The van der Waals surface area contributed by atoms with E-state index in [1.807, 2.05) is 12.1 Å². The van der Waals surface area contributed by atoms with Gasteiger partial charge in [-0.05, 0) is 59.3 Å². The van der Waals surface area contributed by atoms with Gasteiger partial charge in [-0.2, -0.15) is 0 Å². The van der Waals surface area contributed by atoms with Gasteiger partial charge in [-0.25, -0.2) is 0 Å². The fourth-order valence-corrected chi connectivity index (χ4v) is 2.90. The summed E-state index contributed by atoms with van der Waals surface area (Å²) in [5.41, 5.74) is 3.43. The molecule has 1 aromatic carbocycles. The van der Waals surface area contributed by atoms with Crippen LogP contribution in [0.25, 0.3) is 5.57 Å². The van der Waals surface area contributed by atoms with Crippen molar-refractivity contribution in [3.63, 3.8) is 0 Å². The fourth-order valence-electron chi connectivity index (χ4n) is 2.21. The zero-order valence-corrected chi connectivity index (χ0v) is 11.5. The van der Waals surface area contributed by atoms with Gasteiger partial charge >= 0.3 is 0 Å². The van der Waals surface area contributed by atoms with Crippen LogP contribution in [-0.2, 0) is 0 Å². The first-order valence-corrected chi connectivity index (χ1v) is 6.59. The van der Waals surface area contributed by atoms with E-state index in [1.165, 1.54) is 18.4 Å². The van der Waals surface area contributed by atoms with E-state index < -0.39 is 0 Å². The van der Waals surface area contributed by atoms with Crippen LogP contribution in [0.2, 0.25) is 0 Å². The summed E-state index contributed by atoms with van der Waals surface area (Å²) < 4.78 is 6.26. The Kier molecular flexibility index (Phi) is 3.91. The molecule has 0 heterocycles. The monoisotopic (exact) mass is 290 g/mol. The molecule has 0 atom stereocenters. The first kappa shape index (κ1) is 12.3. The molecule has 1 aliphatic carbocycles. The average Bonchev–Trinajstić information content (AvgIpc) is 2.38. The number of benzene rings is 1. The molecule has 0 N–H and O–H groups in total. The van der Waals surface area contributed by atoms with Gasteiger partial charge in [0.25, 0.3) is 0 Å². The number of allylic oxidation sites excluding steroid dienone is 2. The summed E-state index contributed by atoms with van der Waals surface area (Å²) in [5.74, 6) is 3.55. The number of hydrogen-bond acceptors (Lipinski definition) is 1. The van der Waals surface area contributed by atoms with Gasteiger partial charge < -0.3 is 4.74 Å². The van der Waals surface area contributed by atoms with Crippen molar-refractivity contribution in [1.82, 2.24) is 0 Å². The van der Waals surface area contributed by atoms with Crippen molar-refractivity contribution >= 4 is 21.5 Å². The quantitative estimate of drug-likeness (QED) is 0.734. The van der Waals surface area contributed by atoms with Crippen molar-refractivity contribution in [2.75, 3.05) is 7.11 Å². The zero-order chi connectivity index (χ0) is 12.3. The predicted molar refractivity (Wildman–Crippen MR) is 75.1 cm³/mol. The van der Waals surface area contributed by atoms with Crippen molar-refractivity contribution in [2.24, 2.45) is 0 Å². The highest BCUT2D eigenvalue weighted by atomic mass is 79.9. The van der Waals surface area contributed by atoms with Gasteiger partial charge in [-0.15, -0.1) is 6.42 Å². The third kappa shape index (κ3) is 2.56. The van der Waals surface area contributed by atoms with Gasteiger partial charge in [-0.1, -0.05) is 12.0 Å². The van der Waals surface area contributed by atoms with Gasteiger partial charge in [0.1, 0.15) is 5.75 Å². The minimum atomic E-state index is 0.796. The Labute approximate surface area is 111 Å². The van der Waals surface area contributed by atoms with E-state index in [0.717, 1.165) is 34.2 Å². The number of methoxy groups -OCH3 is 1. The molecule has 2 rings (SSSR count). The predicted octanol–water partition coefficient (Wildman–Crippen LogP) is 4.40. The Morgan fingerprint density at radius 1 is 1.35 bits per heavy atom.